The first-order chi connectivity index (χ1) is 9.17. The number of aromatic nitrogens is 1. The molecular formula is C14H12BrNO2S. The van der Waals surface area contributed by atoms with E-state index in [0.29, 0.717) is 0 Å². The molecule has 19 heavy (non-hydrogen) atoms. The lowest BCUT2D eigenvalue weighted by Gasteiger charge is -2.08. The number of esters is 1. The number of benzene rings is 1. The second kappa shape index (κ2) is 4.72. The van der Waals surface area contributed by atoms with Crippen molar-refractivity contribution in [3.63, 3.8) is 0 Å². The van der Waals surface area contributed by atoms with E-state index in [2.05, 4.69) is 20.9 Å². The van der Waals surface area contributed by atoms with Crippen molar-refractivity contribution in [1.82, 2.24) is 4.98 Å². The Morgan fingerprint density at radius 3 is 2.79 bits per heavy atom. The lowest BCUT2D eigenvalue weighted by molar-refractivity contribution is -0.143. The van der Waals surface area contributed by atoms with Crippen LogP contribution in [0.4, 0.5) is 0 Å². The summed E-state index contributed by atoms with van der Waals surface area (Å²) in [4.78, 5) is 16.5. The molecule has 0 unspecified atom stereocenters. The fourth-order valence-corrected chi connectivity index (χ4v) is 3.70. The van der Waals surface area contributed by atoms with Crippen molar-refractivity contribution in [2.75, 3.05) is 7.11 Å². The van der Waals surface area contributed by atoms with Gasteiger partial charge in [0.2, 0.25) is 0 Å². The van der Waals surface area contributed by atoms with Gasteiger partial charge in [-0.25, -0.2) is 4.98 Å². The molecule has 1 saturated carbocycles. The zero-order chi connectivity index (χ0) is 13.5. The van der Waals surface area contributed by atoms with E-state index in [1.54, 1.807) is 11.3 Å². The van der Waals surface area contributed by atoms with Crippen molar-refractivity contribution in [1.29, 1.82) is 0 Å². The fraction of sp³-hybridized carbons (Fsp3) is 0.286. The minimum atomic E-state index is -0.481. The Bertz CT molecular complexity index is 634. The Labute approximate surface area is 123 Å². The zero-order valence-corrected chi connectivity index (χ0v) is 12.8. The Balaban J connectivity index is 1.97. The van der Waals surface area contributed by atoms with Crippen molar-refractivity contribution in [3.05, 3.63) is 39.8 Å². The maximum atomic E-state index is 11.8. The molecule has 3 nitrogen and oxygen atoms in total. The molecule has 1 aromatic carbocycles. The van der Waals surface area contributed by atoms with Gasteiger partial charge in [-0.15, -0.1) is 11.3 Å². The first-order valence-corrected chi connectivity index (χ1v) is 7.64. The molecule has 0 spiro atoms. The quantitative estimate of drug-likeness (QED) is 0.800. The SMILES string of the molecule is COC(=O)C1(c2csc(-c3ccccc3Br)n2)CC1. The van der Waals surface area contributed by atoms with Crippen LogP contribution in [0.15, 0.2) is 34.1 Å². The van der Waals surface area contributed by atoms with Crippen LogP contribution < -0.4 is 0 Å². The van der Waals surface area contributed by atoms with Crippen molar-refractivity contribution in [2.24, 2.45) is 0 Å². The monoisotopic (exact) mass is 337 g/mol. The number of ether oxygens (including phenoxy) is 1. The molecule has 5 heteroatoms. The minimum absolute atomic E-state index is 0.170. The largest absolute Gasteiger partial charge is 0.468 e. The molecule has 0 saturated heterocycles. The van der Waals surface area contributed by atoms with Gasteiger partial charge in [-0.3, -0.25) is 4.79 Å². The lowest BCUT2D eigenvalue weighted by atomic mass is 10.0. The van der Waals surface area contributed by atoms with E-state index in [4.69, 9.17) is 4.74 Å². The van der Waals surface area contributed by atoms with Crippen molar-refractivity contribution in [2.45, 2.75) is 18.3 Å². The third kappa shape index (κ3) is 2.11. The number of rotatable bonds is 3. The van der Waals surface area contributed by atoms with E-state index in [1.165, 1.54) is 7.11 Å². The third-order valence-electron chi connectivity index (χ3n) is 3.42. The molecule has 0 aliphatic heterocycles. The van der Waals surface area contributed by atoms with Gasteiger partial charge in [0.25, 0.3) is 0 Å². The second-order valence-electron chi connectivity index (χ2n) is 4.59. The summed E-state index contributed by atoms with van der Waals surface area (Å²) in [5.74, 6) is -0.170. The van der Waals surface area contributed by atoms with Gasteiger partial charge in [0.1, 0.15) is 10.4 Å². The van der Waals surface area contributed by atoms with Crippen LogP contribution in [0, 0.1) is 0 Å². The number of carbonyl (C=O) groups is 1. The molecule has 1 aliphatic rings. The topological polar surface area (TPSA) is 39.2 Å². The highest BCUT2D eigenvalue weighted by atomic mass is 79.9. The van der Waals surface area contributed by atoms with Crippen molar-refractivity contribution in [3.8, 4) is 10.6 Å². The molecule has 1 fully saturated rings. The van der Waals surface area contributed by atoms with Crippen molar-refractivity contribution >= 4 is 33.2 Å². The normalized spacial score (nSPS) is 16.1. The van der Waals surface area contributed by atoms with Gasteiger partial charge in [0, 0.05) is 15.4 Å². The Morgan fingerprint density at radius 2 is 2.16 bits per heavy atom. The summed E-state index contributed by atoms with van der Waals surface area (Å²) in [5, 5.41) is 2.90. The number of halogens is 1. The Morgan fingerprint density at radius 1 is 1.42 bits per heavy atom. The maximum Gasteiger partial charge on any atom is 0.317 e. The average molecular weight is 338 g/mol. The molecule has 98 valence electrons. The van der Waals surface area contributed by atoms with Crippen molar-refractivity contribution < 1.29 is 9.53 Å². The van der Waals surface area contributed by atoms with E-state index in [1.807, 2.05) is 29.6 Å². The first kappa shape index (κ1) is 12.8. The number of hydrogen-bond acceptors (Lipinski definition) is 4. The summed E-state index contributed by atoms with van der Waals surface area (Å²) >= 11 is 5.09. The summed E-state index contributed by atoms with van der Waals surface area (Å²) in [6.45, 7) is 0. The Kier molecular flexibility index (Phi) is 3.19. The zero-order valence-electron chi connectivity index (χ0n) is 10.4. The van der Waals surface area contributed by atoms with E-state index in [9.17, 15) is 4.79 Å². The first-order valence-electron chi connectivity index (χ1n) is 5.97. The molecule has 0 atom stereocenters. The second-order valence-corrected chi connectivity index (χ2v) is 6.30. The summed E-state index contributed by atoms with van der Waals surface area (Å²) < 4.78 is 5.90. The molecule has 1 heterocycles. The molecule has 1 aliphatic carbocycles. The maximum absolute atomic E-state index is 11.8. The number of hydrogen-bond donors (Lipinski definition) is 0. The van der Waals surface area contributed by atoms with Crippen LogP contribution >= 0.6 is 27.3 Å². The minimum Gasteiger partial charge on any atom is -0.468 e. The van der Waals surface area contributed by atoms with E-state index in [0.717, 1.165) is 33.6 Å². The number of carbonyl (C=O) groups excluding carboxylic acids is 1. The lowest BCUT2D eigenvalue weighted by Crippen LogP contribution is -2.22. The molecule has 0 N–H and O–H groups in total. The standard InChI is InChI=1S/C14H12BrNO2S/c1-18-13(17)14(6-7-14)11-8-19-12(16-11)9-4-2-3-5-10(9)15/h2-5,8H,6-7H2,1H3. The van der Waals surface area contributed by atoms with Crippen LogP contribution in [-0.2, 0) is 14.9 Å². The highest BCUT2D eigenvalue weighted by Crippen LogP contribution is 2.50. The fourth-order valence-electron chi connectivity index (χ4n) is 2.14. The molecular weight excluding hydrogens is 326 g/mol. The van der Waals surface area contributed by atoms with E-state index >= 15 is 0 Å². The number of thiazole rings is 1. The van der Waals surface area contributed by atoms with Gasteiger partial charge in [-0.1, -0.05) is 34.1 Å². The van der Waals surface area contributed by atoms with Gasteiger partial charge in [0.05, 0.1) is 12.8 Å². The van der Waals surface area contributed by atoms with Crippen LogP contribution in [0.5, 0.6) is 0 Å². The van der Waals surface area contributed by atoms with E-state index in [-0.39, 0.29) is 5.97 Å². The third-order valence-corrected chi connectivity index (χ3v) is 4.99. The summed E-state index contributed by atoms with van der Waals surface area (Å²) in [7, 11) is 1.43. The number of nitrogens with zero attached hydrogens (tertiary/aromatic N) is 1. The van der Waals surface area contributed by atoms with Gasteiger partial charge in [-0.2, -0.15) is 0 Å². The highest BCUT2D eigenvalue weighted by molar-refractivity contribution is 9.10. The smallest absolute Gasteiger partial charge is 0.317 e. The summed E-state index contributed by atoms with van der Waals surface area (Å²) in [6, 6.07) is 7.96. The predicted molar refractivity (Wildman–Crippen MR) is 78.2 cm³/mol. The Hall–Kier alpha value is -1.20. The summed E-state index contributed by atoms with van der Waals surface area (Å²) in [5.41, 5.74) is 1.42. The van der Waals surface area contributed by atoms with E-state index < -0.39 is 5.41 Å². The number of methoxy groups -OCH3 is 1. The molecule has 0 amide bonds. The predicted octanol–water partition coefficient (Wildman–Crippen LogP) is 3.78. The van der Waals surface area contributed by atoms with Crippen LogP contribution in [0.25, 0.3) is 10.6 Å². The van der Waals surface area contributed by atoms with Gasteiger partial charge in [-0.05, 0) is 18.9 Å². The molecule has 0 bridgehead atoms. The summed E-state index contributed by atoms with van der Waals surface area (Å²) in [6.07, 6.45) is 1.66. The molecule has 2 aromatic rings. The van der Waals surface area contributed by atoms with Crippen LogP contribution in [-0.4, -0.2) is 18.1 Å². The van der Waals surface area contributed by atoms with Crippen LogP contribution in [0.1, 0.15) is 18.5 Å². The van der Waals surface area contributed by atoms with Gasteiger partial charge < -0.3 is 4.74 Å². The average Bonchev–Trinajstić information content (AvgIpc) is 3.10. The highest BCUT2D eigenvalue weighted by Gasteiger charge is 2.54. The molecule has 1 aromatic heterocycles. The molecule has 0 radical (unpaired) electrons. The van der Waals surface area contributed by atoms with Gasteiger partial charge in [0.15, 0.2) is 0 Å². The van der Waals surface area contributed by atoms with Crippen LogP contribution in [0.2, 0.25) is 0 Å². The molecule has 3 rings (SSSR count). The van der Waals surface area contributed by atoms with Gasteiger partial charge >= 0.3 is 5.97 Å². The van der Waals surface area contributed by atoms with Crippen LogP contribution in [0.3, 0.4) is 0 Å².